The SMILES string of the molecule is CC(C)(C)Oc1cc(C(=O)CC(N)=O)ccc1C1=N[C@@H](c2ccc(Cl)cc2)[C@@H](C2=CSNC2)N1C(=O)N1CCNC(=O)C1. The van der Waals surface area contributed by atoms with E-state index < -0.39 is 35.8 Å². The van der Waals surface area contributed by atoms with Crippen LogP contribution in [0.4, 0.5) is 4.79 Å². The number of urea groups is 1. The summed E-state index contributed by atoms with van der Waals surface area (Å²) in [6.07, 6.45) is -0.448. The molecule has 0 aliphatic carbocycles. The Kier molecular flexibility index (Phi) is 8.81. The smallest absolute Gasteiger partial charge is 0.326 e. The number of benzene rings is 2. The highest BCUT2D eigenvalue weighted by Gasteiger charge is 2.46. The first-order valence-electron chi connectivity index (χ1n) is 13.8. The van der Waals surface area contributed by atoms with E-state index in [0.29, 0.717) is 41.8 Å². The second kappa shape index (κ2) is 12.4. The number of Topliss-reactive ketones (excluding diaryl/α,β-unsaturated/α-hetero) is 1. The molecule has 4 N–H and O–H groups in total. The molecule has 43 heavy (non-hydrogen) atoms. The van der Waals surface area contributed by atoms with Crippen LogP contribution in [0.2, 0.25) is 5.02 Å². The number of nitrogens with one attached hydrogen (secondary N) is 2. The van der Waals surface area contributed by atoms with E-state index in [1.807, 2.05) is 38.3 Å². The van der Waals surface area contributed by atoms with E-state index in [-0.39, 0.29) is 24.0 Å². The molecule has 13 heteroatoms. The fraction of sp³-hybridized carbons (Fsp3) is 0.367. The van der Waals surface area contributed by atoms with Gasteiger partial charge < -0.3 is 20.7 Å². The van der Waals surface area contributed by atoms with Crippen LogP contribution in [0.3, 0.4) is 0 Å². The van der Waals surface area contributed by atoms with Crippen LogP contribution in [-0.4, -0.2) is 77.1 Å². The number of piperazine rings is 1. The molecule has 1 fully saturated rings. The molecule has 5 rings (SSSR count). The van der Waals surface area contributed by atoms with Crippen LogP contribution in [0, 0.1) is 0 Å². The Morgan fingerprint density at radius 3 is 2.53 bits per heavy atom. The number of carbonyl (C=O) groups is 4. The topological polar surface area (TPSA) is 146 Å². The van der Waals surface area contributed by atoms with Crippen LogP contribution in [0.5, 0.6) is 5.75 Å². The lowest BCUT2D eigenvalue weighted by molar-refractivity contribution is -0.123. The summed E-state index contributed by atoms with van der Waals surface area (Å²) in [6.45, 7) is 6.72. The molecule has 0 aromatic heterocycles. The normalized spacial score (nSPS) is 20.4. The summed E-state index contributed by atoms with van der Waals surface area (Å²) in [4.78, 5) is 59.2. The van der Waals surface area contributed by atoms with Gasteiger partial charge in [0, 0.05) is 30.2 Å². The molecular weight excluding hydrogens is 592 g/mol. The number of primary amides is 1. The third-order valence-corrected chi connectivity index (χ3v) is 8.02. The minimum Gasteiger partial charge on any atom is -0.487 e. The number of carbonyl (C=O) groups excluding carboxylic acids is 4. The van der Waals surface area contributed by atoms with Crippen molar-refractivity contribution in [3.63, 3.8) is 0 Å². The second-order valence-corrected chi connectivity index (χ2v) is 12.6. The van der Waals surface area contributed by atoms with Crippen LogP contribution >= 0.6 is 23.5 Å². The van der Waals surface area contributed by atoms with Crippen LogP contribution in [0.15, 0.2) is 58.4 Å². The van der Waals surface area contributed by atoms with Crippen molar-refractivity contribution in [3.05, 3.63) is 75.2 Å². The van der Waals surface area contributed by atoms with Gasteiger partial charge in [0.05, 0.1) is 18.0 Å². The van der Waals surface area contributed by atoms with Gasteiger partial charge in [-0.2, -0.15) is 0 Å². The predicted molar refractivity (Wildman–Crippen MR) is 165 cm³/mol. The van der Waals surface area contributed by atoms with Gasteiger partial charge in [-0.25, -0.2) is 4.79 Å². The highest BCUT2D eigenvalue weighted by Crippen LogP contribution is 2.41. The summed E-state index contributed by atoms with van der Waals surface area (Å²) in [5, 5.41) is 5.32. The van der Waals surface area contributed by atoms with Crippen molar-refractivity contribution in [2.75, 3.05) is 26.2 Å². The number of ether oxygens (including phenoxy) is 1. The standard InChI is InChI=1S/C30H33ClN6O5S/c1-30(2,3)42-23-12-18(22(38)13-24(32)39)6-9-21(23)28-35-26(17-4-7-20(31)8-5-17)27(19-14-34-43-16-19)37(28)29(41)36-11-10-33-25(40)15-36/h4-9,12,16,26-27,34H,10-11,13-15H2,1-3H3,(H2,32,39)(H,33,40)/t26-,27+/m0/s1. The highest BCUT2D eigenvalue weighted by molar-refractivity contribution is 8.00. The second-order valence-electron chi connectivity index (χ2n) is 11.4. The van der Waals surface area contributed by atoms with E-state index in [9.17, 15) is 19.2 Å². The number of amides is 4. The Hall–Kier alpha value is -3.87. The van der Waals surface area contributed by atoms with Gasteiger partial charge >= 0.3 is 6.03 Å². The molecule has 0 bridgehead atoms. The number of halogens is 1. The Bertz CT molecular complexity index is 1520. The van der Waals surface area contributed by atoms with Crippen molar-refractivity contribution in [2.45, 2.75) is 44.9 Å². The Morgan fingerprint density at radius 2 is 1.91 bits per heavy atom. The van der Waals surface area contributed by atoms with Gasteiger partial charge in [0.1, 0.15) is 29.8 Å². The summed E-state index contributed by atoms with van der Waals surface area (Å²) in [7, 11) is 0. The van der Waals surface area contributed by atoms with Crippen LogP contribution in [0.25, 0.3) is 0 Å². The quantitative estimate of drug-likeness (QED) is 0.243. The summed E-state index contributed by atoms with van der Waals surface area (Å²) in [5.74, 6) is -0.769. The Balaban J connectivity index is 1.68. The molecule has 3 aliphatic rings. The van der Waals surface area contributed by atoms with E-state index in [2.05, 4.69) is 10.0 Å². The summed E-state index contributed by atoms with van der Waals surface area (Å²) in [5.41, 5.74) is 7.13. The van der Waals surface area contributed by atoms with E-state index in [0.717, 1.165) is 11.1 Å². The van der Waals surface area contributed by atoms with E-state index in [1.54, 1.807) is 35.2 Å². The molecule has 4 amide bonds. The summed E-state index contributed by atoms with van der Waals surface area (Å²) < 4.78 is 9.58. The van der Waals surface area contributed by atoms with Crippen LogP contribution < -0.4 is 20.5 Å². The Morgan fingerprint density at radius 1 is 1.16 bits per heavy atom. The molecule has 226 valence electrons. The zero-order valence-electron chi connectivity index (χ0n) is 24.1. The minimum absolute atomic E-state index is 0.0844. The highest BCUT2D eigenvalue weighted by atomic mass is 35.5. The summed E-state index contributed by atoms with van der Waals surface area (Å²) in [6, 6.07) is 10.8. The first-order valence-corrected chi connectivity index (χ1v) is 15.1. The summed E-state index contributed by atoms with van der Waals surface area (Å²) >= 11 is 7.65. The third-order valence-electron chi connectivity index (χ3n) is 7.04. The number of hydrogen-bond acceptors (Lipinski definition) is 8. The lowest BCUT2D eigenvalue weighted by atomic mass is 9.94. The van der Waals surface area contributed by atoms with Crippen molar-refractivity contribution >= 4 is 53.0 Å². The average Bonchev–Trinajstić information content (AvgIpc) is 3.60. The van der Waals surface area contributed by atoms with Gasteiger partial charge in [0.2, 0.25) is 11.8 Å². The zero-order chi connectivity index (χ0) is 30.9. The molecule has 11 nitrogen and oxygen atoms in total. The third kappa shape index (κ3) is 6.87. The number of amidine groups is 1. The monoisotopic (exact) mass is 624 g/mol. The maximum Gasteiger partial charge on any atom is 0.326 e. The molecule has 1 saturated heterocycles. The first-order chi connectivity index (χ1) is 20.4. The number of aliphatic imine (C=N–C) groups is 1. The van der Waals surface area contributed by atoms with Gasteiger partial charge in [-0.3, -0.25) is 29.0 Å². The van der Waals surface area contributed by atoms with Crippen LogP contribution in [-0.2, 0) is 9.59 Å². The number of ketones is 1. The van der Waals surface area contributed by atoms with Gasteiger partial charge in [-0.1, -0.05) is 41.7 Å². The molecule has 3 heterocycles. The van der Waals surface area contributed by atoms with Gasteiger partial charge in [0.25, 0.3) is 0 Å². The Labute approximate surface area is 259 Å². The molecule has 0 unspecified atom stereocenters. The maximum absolute atomic E-state index is 14.4. The zero-order valence-corrected chi connectivity index (χ0v) is 25.6. The van der Waals surface area contributed by atoms with Gasteiger partial charge in [-0.05, 0) is 61.6 Å². The molecule has 0 radical (unpaired) electrons. The van der Waals surface area contributed by atoms with Crippen molar-refractivity contribution in [2.24, 2.45) is 10.7 Å². The van der Waals surface area contributed by atoms with E-state index >= 15 is 0 Å². The largest absolute Gasteiger partial charge is 0.487 e. The van der Waals surface area contributed by atoms with Crippen molar-refractivity contribution in [1.29, 1.82) is 0 Å². The fourth-order valence-electron chi connectivity index (χ4n) is 5.20. The first kappa shape index (κ1) is 30.6. The van der Waals surface area contributed by atoms with Gasteiger partial charge in [0.15, 0.2) is 5.78 Å². The van der Waals surface area contributed by atoms with E-state index in [1.165, 1.54) is 16.8 Å². The van der Waals surface area contributed by atoms with Crippen LogP contribution in [0.1, 0.15) is 54.7 Å². The fourth-order valence-corrected chi connectivity index (χ4v) is 6.03. The number of rotatable bonds is 7. The molecule has 2 atom stereocenters. The van der Waals surface area contributed by atoms with Crippen molar-refractivity contribution in [3.8, 4) is 5.75 Å². The van der Waals surface area contributed by atoms with E-state index in [4.69, 9.17) is 27.1 Å². The lowest BCUT2D eigenvalue weighted by Gasteiger charge is -2.36. The average molecular weight is 625 g/mol. The maximum atomic E-state index is 14.4. The molecule has 0 spiro atoms. The molecule has 2 aromatic carbocycles. The number of nitrogens with zero attached hydrogens (tertiary/aromatic N) is 3. The number of hydrogen-bond donors (Lipinski definition) is 3. The minimum atomic E-state index is -0.736. The molecular formula is C30H33ClN6O5S. The lowest BCUT2D eigenvalue weighted by Crippen LogP contribution is -2.57. The number of nitrogens with two attached hydrogens (primary N) is 1. The molecule has 2 aromatic rings. The molecule has 3 aliphatic heterocycles. The van der Waals surface area contributed by atoms with Crippen molar-refractivity contribution < 1.29 is 23.9 Å². The molecule has 0 saturated carbocycles. The van der Waals surface area contributed by atoms with Gasteiger partial charge in [-0.15, -0.1) is 0 Å². The van der Waals surface area contributed by atoms with Crippen molar-refractivity contribution in [1.82, 2.24) is 19.8 Å². The predicted octanol–water partition coefficient (Wildman–Crippen LogP) is 3.43.